The van der Waals surface area contributed by atoms with E-state index in [0.29, 0.717) is 30.7 Å². The van der Waals surface area contributed by atoms with E-state index in [1.54, 1.807) is 23.6 Å². The Morgan fingerprint density at radius 1 is 1.14 bits per heavy atom. The van der Waals surface area contributed by atoms with Gasteiger partial charge in [0.2, 0.25) is 5.91 Å². The van der Waals surface area contributed by atoms with Crippen LogP contribution in [-0.2, 0) is 14.8 Å². The molecule has 36 heavy (non-hydrogen) atoms. The van der Waals surface area contributed by atoms with E-state index in [4.69, 9.17) is 0 Å². The SMILES string of the molecule is O=C(N[C@@H](CC1CCCCC1)C(=O)NC1CCCN(S(=O)(=O)c2ccccn2)CC1O)c1ccsc1. The van der Waals surface area contributed by atoms with Crippen molar-refractivity contribution in [2.45, 2.75) is 74.6 Å². The van der Waals surface area contributed by atoms with Gasteiger partial charge in [-0.05, 0) is 48.8 Å². The number of amides is 2. The summed E-state index contributed by atoms with van der Waals surface area (Å²) in [5, 5.41) is 20.2. The van der Waals surface area contributed by atoms with Crippen LogP contribution in [0.2, 0.25) is 0 Å². The van der Waals surface area contributed by atoms with E-state index in [-0.39, 0.29) is 29.9 Å². The molecule has 3 N–H and O–H groups in total. The molecule has 3 heterocycles. The summed E-state index contributed by atoms with van der Waals surface area (Å²) >= 11 is 1.42. The molecule has 2 aromatic heterocycles. The van der Waals surface area contributed by atoms with Crippen molar-refractivity contribution in [2.75, 3.05) is 13.1 Å². The summed E-state index contributed by atoms with van der Waals surface area (Å²) in [4.78, 5) is 30.1. The fourth-order valence-electron chi connectivity index (χ4n) is 5.03. The van der Waals surface area contributed by atoms with Crippen molar-refractivity contribution >= 4 is 33.2 Å². The van der Waals surface area contributed by atoms with Crippen molar-refractivity contribution in [3.63, 3.8) is 0 Å². The van der Waals surface area contributed by atoms with Gasteiger partial charge in [0.05, 0.1) is 17.7 Å². The van der Waals surface area contributed by atoms with Gasteiger partial charge in [-0.25, -0.2) is 13.4 Å². The molecule has 11 heteroatoms. The summed E-state index contributed by atoms with van der Waals surface area (Å²) < 4.78 is 27.2. The molecule has 4 rings (SSSR count). The van der Waals surface area contributed by atoms with Gasteiger partial charge >= 0.3 is 0 Å². The van der Waals surface area contributed by atoms with Crippen LogP contribution in [0.5, 0.6) is 0 Å². The number of aliphatic hydroxyl groups excluding tert-OH is 1. The highest BCUT2D eigenvalue weighted by Crippen LogP contribution is 2.28. The van der Waals surface area contributed by atoms with Crippen LogP contribution in [0.3, 0.4) is 0 Å². The highest BCUT2D eigenvalue weighted by molar-refractivity contribution is 7.89. The Bertz CT molecular complexity index is 1100. The van der Waals surface area contributed by atoms with Gasteiger partial charge in [-0.2, -0.15) is 15.6 Å². The van der Waals surface area contributed by atoms with Crippen LogP contribution in [-0.4, -0.2) is 65.9 Å². The third-order valence-corrected chi connectivity index (χ3v) is 9.51. The monoisotopic (exact) mass is 534 g/mol. The molecule has 0 spiro atoms. The standard InChI is InChI=1S/C25H34N4O5S2/c30-22-16-29(36(33,34)23-10-4-5-12-26-23)13-6-9-20(22)27-25(32)21(15-18-7-2-1-3-8-18)28-24(31)19-11-14-35-17-19/h4-5,10-12,14,17-18,20-22,30H,1-3,6-9,13,15-16H2,(H,27,32)(H,28,31)/t20?,21-,22?/m0/s1. The zero-order valence-corrected chi connectivity index (χ0v) is 21.8. The lowest BCUT2D eigenvalue weighted by molar-refractivity contribution is -0.125. The molecular formula is C25H34N4O5S2. The second kappa shape index (κ2) is 12.3. The number of nitrogens with one attached hydrogen (secondary N) is 2. The average Bonchev–Trinajstić information content (AvgIpc) is 3.36. The number of hydrogen-bond acceptors (Lipinski definition) is 7. The van der Waals surface area contributed by atoms with Crippen molar-refractivity contribution in [3.05, 3.63) is 46.8 Å². The maximum absolute atomic E-state index is 13.4. The quantitative estimate of drug-likeness (QED) is 0.477. The number of β-amino-alcohol motifs (C(OH)–C–C–N with tert-alkyl or cyclic N) is 1. The fraction of sp³-hybridized carbons (Fsp3) is 0.560. The first-order valence-electron chi connectivity index (χ1n) is 12.6. The number of carbonyl (C=O) groups is 2. The molecule has 2 aliphatic rings. The number of rotatable bonds is 8. The smallest absolute Gasteiger partial charge is 0.260 e. The van der Waals surface area contributed by atoms with E-state index in [0.717, 1.165) is 25.7 Å². The van der Waals surface area contributed by atoms with Gasteiger partial charge in [0.15, 0.2) is 5.03 Å². The number of thiophene rings is 1. The predicted octanol–water partition coefficient (Wildman–Crippen LogP) is 2.54. The summed E-state index contributed by atoms with van der Waals surface area (Å²) in [6.45, 7) is 0.0845. The van der Waals surface area contributed by atoms with Gasteiger partial charge in [0.25, 0.3) is 15.9 Å². The minimum Gasteiger partial charge on any atom is -0.390 e. The average molecular weight is 535 g/mol. The zero-order chi connectivity index (χ0) is 25.5. The predicted molar refractivity (Wildman–Crippen MR) is 137 cm³/mol. The van der Waals surface area contributed by atoms with Crippen LogP contribution in [0.15, 0.2) is 46.2 Å². The topological polar surface area (TPSA) is 129 Å². The molecule has 2 aromatic rings. The number of aliphatic hydroxyl groups is 1. The molecule has 196 valence electrons. The number of nitrogens with zero attached hydrogens (tertiary/aromatic N) is 2. The Morgan fingerprint density at radius 3 is 2.64 bits per heavy atom. The van der Waals surface area contributed by atoms with E-state index in [1.807, 2.05) is 5.38 Å². The molecule has 0 aromatic carbocycles. The maximum Gasteiger partial charge on any atom is 0.260 e. The molecule has 2 fully saturated rings. The summed E-state index contributed by atoms with van der Waals surface area (Å²) in [5.41, 5.74) is 0.520. The number of pyridine rings is 1. The van der Waals surface area contributed by atoms with Crippen LogP contribution in [0.4, 0.5) is 0 Å². The number of carbonyl (C=O) groups excluding carboxylic acids is 2. The molecule has 0 radical (unpaired) electrons. The van der Waals surface area contributed by atoms with Crippen LogP contribution in [0, 0.1) is 5.92 Å². The lowest BCUT2D eigenvalue weighted by Crippen LogP contribution is -2.54. The van der Waals surface area contributed by atoms with Gasteiger partial charge in [0, 0.05) is 24.7 Å². The maximum atomic E-state index is 13.4. The number of sulfonamides is 1. The summed E-state index contributed by atoms with van der Waals surface area (Å²) in [5.74, 6) is -0.272. The molecule has 1 saturated heterocycles. The number of aromatic nitrogens is 1. The second-order valence-corrected chi connectivity index (χ2v) is 12.3. The highest BCUT2D eigenvalue weighted by atomic mass is 32.2. The lowest BCUT2D eigenvalue weighted by atomic mass is 9.84. The third kappa shape index (κ3) is 6.70. The Hall–Kier alpha value is -2.34. The first-order chi connectivity index (χ1) is 17.3. The minimum absolute atomic E-state index is 0.0663. The van der Waals surface area contributed by atoms with E-state index in [9.17, 15) is 23.1 Å². The van der Waals surface area contributed by atoms with E-state index in [2.05, 4.69) is 15.6 Å². The molecule has 0 bridgehead atoms. The van der Waals surface area contributed by atoms with Crippen molar-refractivity contribution in [1.29, 1.82) is 0 Å². The number of hydrogen-bond donors (Lipinski definition) is 3. The van der Waals surface area contributed by atoms with Gasteiger partial charge in [0.1, 0.15) is 6.04 Å². The molecule has 9 nitrogen and oxygen atoms in total. The van der Waals surface area contributed by atoms with Crippen molar-refractivity contribution in [1.82, 2.24) is 19.9 Å². The molecule has 1 saturated carbocycles. The molecule has 2 amide bonds. The van der Waals surface area contributed by atoms with E-state index >= 15 is 0 Å². The van der Waals surface area contributed by atoms with Gasteiger partial charge in [-0.3, -0.25) is 9.59 Å². The van der Waals surface area contributed by atoms with Crippen LogP contribution < -0.4 is 10.6 Å². The summed E-state index contributed by atoms with van der Waals surface area (Å²) in [7, 11) is -3.85. The molecule has 3 atom stereocenters. The van der Waals surface area contributed by atoms with Gasteiger partial charge in [-0.1, -0.05) is 38.2 Å². The molecule has 1 aliphatic heterocycles. The lowest BCUT2D eigenvalue weighted by Gasteiger charge is -2.29. The highest BCUT2D eigenvalue weighted by Gasteiger charge is 2.35. The summed E-state index contributed by atoms with van der Waals surface area (Å²) in [6.07, 6.45) is 7.29. The zero-order valence-electron chi connectivity index (χ0n) is 20.2. The molecule has 1 aliphatic carbocycles. The van der Waals surface area contributed by atoms with E-state index in [1.165, 1.54) is 34.3 Å². The Morgan fingerprint density at radius 2 is 1.94 bits per heavy atom. The Labute approximate surface area is 216 Å². The van der Waals surface area contributed by atoms with Crippen LogP contribution in [0.25, 0.3) is 0 Å². The Balaban J connectivity index is 1.43. The van der Waals surface area contributed by atoms with Crippen molar-refractivity contribution in [3.8, 4) is 0 Å². The third-order valence-electron chi connectivity index (χ3n) is 7.05. The van der Waals surface area contributed by atoms with Gasteiger partial charge < -0.3 is 15.7 Å². The minimum atomic E-state index is -3.85. The normalized spacial score (nSPS) is 22.9. The van der Waals surface area contributed by atoms with Crippen LogP contribution >= 0.6 is 11.3 Å². The van der Waals surface area contributed by atoms with Crippen molar-refractivity contribution in [2.24, 2.45) is 5.92 Å². The largest absolute Gasteiger partial charge is 0.390 e. The summed E-state index contributed by atoms with van der Waals surface area (Å²) in [6, 6.07) is 5.06. The molecular weight excluding hydrogens is 500 g/mol. The van der Waals surface area contributed by atoms with Crippen LogP contribution in [0.1, 0.15) is 61.7 Å². The Kier molecular flexibility index (Phi) is 9.10. The second-order valence-electron chi connectivity index (χ2n) is 9.63. The van der Waals surface area contributed by atoms with Crippen molar-refractivity contribution < 1.29 is 23.1 Å². The fourth-order valence-corrected chi connectivity index (χ4v) is 7.10. The molecule has 2 unspecified atom stereocenters. The van der Waals surface area contributed by atoms with Gasteiger partial charge in [-0.15, -0.1) is 0 Å². The first kappa shape index (κ1) is 26.7. The first-order valence-corrected chi connectivity index (χ1v) is 15.0. The van der Waals surface area contributed by atoms with E-state index < -0.39 is 28.2 Å².